The van der Waals surface area contributed by atoms with Gasteiger partial charge in [0.2, 0.25) is 0 Å². The number of hydrogen-bond donors (Lipinski definition) is 0. The minimum Gasteiger partial charge on any atom is -0.490 e. The van der Waals surface area contributed by atoms with Crippen LogP contribution in [0.25, 0.3) is 0 Å². The van der Waals surface area contributed by atoms with Crippen LogP contribution in [-0.2, 0) is 0 Å². The first-order valence-corrected chi connectivity index (χ1v) is 6.16. The van der Waals surface area contributed by atoms with Crippen LogP contribution < -0.4 is 9.47 Å². The molecule has 0 aromatic heterocycles. The van der Waals surface area contributed by atoms with Gasteiger partial charge in [-0.1, -0.05) is 20.3 Å². The molecule has 0 aliphatic rings. The number of aldehydes is 1. The van der Waals surface area contributed by atoms with Crippen LogP contribution in [0, 0.1) is 0 Å². The second kappa shape index (κ2) is 7.71. The number of carbonyl (C=O) groups is 1. The Morgan fingerprint density at radius 1 is 1.06 bits per heavy atom. The van der Waals surface area contributed by atoms with E-state index in [1.54, 1.807) is 18.2 Å². The Balaban J connectivity index is 2.75. The van der Waals surface area contributed by atoms with Gasteiger partial charge in [0.15, 0.2) is 11.5 Å². The van der Waals surface area contributed by atoms with Gasteiger partial charge in [-0.3, -0.25) is 4.79 Å². The lowest BCUT2D eigenvalue weighted by atomic mass is 10.2. The van der Waals surface area contributed by atoms with Gasteiger partial charge in [-0.05, 0) is 31.0 Å². The summed E-state index contributed by atoms with van der Waals surface area (Å²) in [5.41, 5.74) is 0.611. The van der Waals surface area contributed by atoms with Crippen molar-refractivity contribution in [1.29, 1.82) is 0 Å². The molecular formula is C14H20O3. The molecule has 0 radical (unpaired) electrons. The molecule has 0 aliphatic carbocycles. The van der Waals surface area contributed by atoms with E-state index in [0.29, 0.717) is 30.3 Å². The molecule has 0 saturated carbocycles. The first-order valence-electron chi connectivity index (χ1n) is 6.16. The van der Waals surface area contributed by atoms with Gasteiger partial charge >= 0.3 is 0 Å². The van der Waals surface area contributed by atoms with Gasteiger partial charge in [0.05, 0.1) is 13.2 Å². The van der Waals surface area contributed by atoms with Gasteiger partial charge < -0.3 is 9.47 Å². The summed E-state index contributed by atoms with van der Waals surface area (Å²) >= 11 is 0. The molecule has 0 bridgehead atoms. The van der Waals surface area contributed by atoms with Crippen LogP contribution >= 0.6 is 0 Å². The number of ether oxygens (including phenoxy) is 2. The second-order valence-corrected chi connectivity index (χ2v) is 3.87. The zero-order valence-electron chi connectivity index (χ0n) is 10.6. The quantitative estimate of drug-likeness (QED) is 0.512. The molecule has 0 N–H and O–H groups in total. The number of unbranched alkanes of at least 4 members (excludes halogenated alkanes) is 1. The smallest absolute Gasteiger partial charge is 0.161 e. The van der Waals surface area contributed by atoms with E-state index < -0.39 is 0 Å². The zero-order chi connectivity index (χ0) is 12.5. The molecule has 0 amide bonds. The first-order chi connectivity index (χ1) is 8.31. The van der Waals surface area contributed by atoms with Gasteiger partial charge in [0.1, 0.15) is 6.29 Å². The molecule has 0 unspecified atom stereocenters. The SMILES string of the molecule is CCCCOc1cc(C=O)ccc1OCCC. The Morgan fingerprint density at radius 3 is 2.47 bits per heavy atom. The van der Waals surface area contributed by atoms with Crippen molar-refractivity contribution in [2.75, 3.05) is 13.2 Å². The highest BCUT2D eigenvalue weighted by Crippen LogP contribution is 2.28. The van der Waals surface area contributed by atoms with Crippen LogP contribution in [0.5, 0.6) is 11.5 Å². The highest BCUT2D eigenvalue weighted by atomic mass is 16.5. The molecule has 0 atom stereocenters. The van der Waals surface area contributed by atoms with Crippen LogP contribution in [0.15, 0.2) is 18.2 Å². The minimum absolute atomic E-state index is 0.611. The maximum atomic E-state index is 10.7. The van der Waals surface area contributed by atoms with E-state index in [4.69, 9.17) is 9.47 Å². The average molecular weight is 236 g/mol. The second-order valence-electron chi connectivity index (χ2n) is 3.87. The fourth-order valence-electron chi connectivity index (χ4n) is 1.37. The van der Waals surface area contributed by atoms with Crippen molar-refractivity contribution in [2.45, 2.75) is 33.1 Å². The highest BCUT2D eigenvalue weighted by molar-refractivity contribution is 5.76. The van der Waals surface area contributed by atoms with E-state index in [0.717, 1.165) is 25.5 Å². The molecule has 0 aliphatic heterocycles. The van der Waals surface area contributed by atoms with E-state index in [-0.39, 0.29) is 0 Å². The molecule has 0 heterocycles. The Labute approximate surface area is 103 Å². The molecule has 94 valence electrons. The van der Waals surface area contributed by atoms with Crippen molar-refractivity contribution in [2.24, 2.45) is 0 Å². The standard InChI is InChI=1S/C14H20O3/c1-3-5-9-17-14-10-12(11-15)6-7-13(14)16-8-4-2/h6-7,10-11H,3-5,8-9H2,1-2H3. The van der Waals surface area contributed by atoms with Crippen LogP contribution in [-0.4, -0.2) is 19.5 Å². The fraction of sp³-hybridized carbons (Fsp3) is 0.500. The van der Waals surface area contributed by atoms with E-state index >= 15 is 0 Å². The van der Waals surface area contributed by atoms with Crippen molar-refractivity contribution >= 4 is 6.29 Å². The van der Waals surface area contributed by atoms with E-state index in [1.807, 2.05) is 0 Å². The third kappa shape index (κ3) is 4.47. The molecule has 17 heavy (non-hydrogen) atoms. The van der Waals surface area contributed by atoms with Crippen molar-refractivity contribution in [1.82, 2.24) is 0 Å². The third-order valence-corrected chi connectivity index (χ3v) is 2.32. The van der Waals surface area contributed by atoms with Gasteiger partial charge in [-0.25, -0.2) is 0 Å². The van der Waals surface area contributed by atoms with Crippen LogP contribution in [0.3, 0.4) is 0 Å². The summed E-state index contributed by atoms with van der Waals surface area (Å²) in [6, 6.07) is 5.26. The summed E-state index contributed by atoms with van der Waals surface area (Å²) < 4.78 is 11.2. The molecule has 0 saturated heterocycles. The molecule has 0 spiro atoms. The summed E-state index contributed by atoms with van der Waals surface area (Å²) in [6.07, 6.45) is 3.84. The molecule has 1 aromatic carbocycles. The summed E-state index contributed by atoms with van der Waals surface area (Å²) in [4.78, 5) is 10.7. The molecule has 0 fully saturated rings. The predicted molar refractivity (Wildman–Crippen MR) is 68.0 cm³/mol. The van der Waals surface area contributed by atoms with Gasteiger partial charge in [0, 0.05) is 5.56 Å². The number of benzene rings is 1. The Hall–Kier alpha value is -1.51. The Morgan fingerprint density at radius 2 is 1.82 bits per heavy atom. The van der Waals surface area contributed by atoms with Gasteiger partial charge in [-0.2, -0.15) is 0 Å². The lowest BCUT2D eigenvalue weighted by molar-refractivity contribution is 0.112. The van der Waals surface area contributed by atoms with Crippen molar-refractivity contribution in [3.05, 3.63) is 23.8 Å². The maximum absolute atomic E-state index is 10.7. The Kier molecular flexibility index (Phi) is 6.15. The van der Waals surface area contributed by atoms with E-state index in [9.17, 15) is 4.79 Å². The molecular weight excluding hydrogens is 216 g/mol. The van der Waals surface area contributed by atoms with Crippen molar-refractivity contribution < 1.29 is 14.3 Å². The third-order valence-electron chi connectivity index (χ3n) is 2.32. The first kappa shape index (κ1) is 13.6. The summed E-state index contributed by atoms with van der Waals surface area (Å²) in [7, 11) is 0. The van der Waals surface area contributed by atoms with Gasteiger partial charge in [0.25, 0.3) is 0 Å². The lowest BCUT2D eigenvalue weighted by Crippen LogP contribution is -2.02. The fourth-order valence-corrected chi connectivity index (χ4v) is 1.37. The van der Waals surface area contributed by atoms with Crippen molar-refractivity contribution in [3.8, 4) is 11.5 Å². The monoisotopic (exact) mass is 236 g/mol. The molecule has 3 heteroatoms. The summed E-state index contributed by atoms with van der Waals surface area (Å²) in [5, 5.41) is 0. The molecule has 1 rings (SSSR count). The van der Waals surface area contributed by atoms with E-state index in [2.05, 4.69) is 13.8 Å². The largest absolute Gasteiger partial charge is 0.490 e. The normalized spacial score (nSPS) is 10.0. The zero-order valence-corrected chi connectivity index (χ0v) is 10.6. The predicted octanol–water partition coefficient (Wildman–Crippen LogP) is 3.47. The maximum Gasteiger partial charge on any atom is 0.161 e. The van der Waals surface area contributed by atoms with Crippen LogP contribution in [0.1, 0.15) is 43.5 Å². The van der Waals surface area contributed by atoms with Gasteiger partial charge in [-0.15, -0.1) is 0 Å². The lowest BCUT2D eigenvalue weighted by Gasteiger charge is -2.12. The average Bonchev–Trinajstić information content (AvgIpc) is 2.37. The number of rotatable bonds is 8. The van der Waals surface area contributed by atoms with Crippen LogP contribution in [0.2, 0.25) is 0 Å². The topological polar surface area (TPSA) is 35.5 Å². The van der Waals surface area contributed by atoms with Crippen molar-refractivity contribution in [3.63, 3.8) is 0 Å². The molecule has 3 nitrogen and oxygen atoms in total. The van der Waals surface area contributed by atoms with Crippen LogP contribution in [0.4, 0.5) is 0 Å². The van der Waals surface area contributed by atoms with E-state index in [1.165, 1.54) is 0 Å². The Bertz CT molecular complexity index is 347. The summed E-state index contributed by atoms with van der Waals surface area (Å²) in [6.45, 7) is 5.48. The number of hydrogen-bond acceptors (Lipinski definition) is 3. The minimum atomic E-state index is 0.611. The number of carbonyl (C=O) groups excluding carboxylic acids is 1. The highest BCUT2D eigenvalue weighted by Gasteiger charge is 2.06. The molecule has 1 aromatic rings. The summed E-state index contributed by atoms with van der Waals surface area (Å²) in [5.74, 6) is 1.38.